The van der Waals surface area contributed by atoms with Crippen molar-refractivity contribution in [2.45, 2.75) is 89.7 Å². The van der Waals surface area contributed by atoms with E-state index in [1.165, 1.54) is 31.9 Å². The zero-order valence-corrected chi connectivity index (χ0v) is 33.7. The molecule has 8 rings (SSSR count). The molecule has 2 atom stereocenters. The molecule has 1 saturated heterocycles. The van der Waals surface area contributed by atoms with E-state index in [2.05, 4.69) is 26.4 Å². The maximum Gasteiger partial charge on any atom is 0.264 e. The molecule has 2 aliphatic heterocycles. The van der Waals surface area contributed by atoms with E-state index in [0.29, 0.717) is 35.8 Å². The highest BCUT2D eigenvalue weighted by Gasteiger charge is 2.34. The number of pyridine rings is 1. The molecule has 5 aromatic rings. The first kappa shape index (κ1) is 38.4. The lowest BCUT2D eigenvalue weighted by Crippen LogP contribution is -2.48. The van der Waals surface area contributed by atoms with E-state index < -0.39 is 21.2 Å². The SMILES string of the molecule is COc1ccc2c(c1)C=C(c1c(C(=O)N3C[C@@H](C)O[C@@H](C)C3)cnn1-c1cc[nH]c(=O)c1)Cn1c-2c(C2CCCCC2)c2ccc(C(=O)NS(=O)(=O)C(C)C)cc21. The number of carbonyl (C=O) groups excluding carboxylic acids is 2. The van der Waals surface area contributed by atoms with Gasteiger partial charge in [-0.3, -0.25) is 14.4 Å². The number of aromatic amines is 1. The summed E-state index contributed by atoms with van der Waals surface area (Å²) in [4.78, 5) is 45.4. The van der Waals surface area contributed by atoms with Gasteiger partial charge in [0.05, 0.1) is 59.9 Å². The van der Waals surface area contributed by atoms with Crippen molar-refractivity contribution >= 4 is 44.4 Å². The number of rotatable bonds is 8. The van der Waals surface area contributed by atoms with Crippen LogP contribution in [0.2, 0.25) is 0 Å². The summed E-state index contributed by atoms with van der Waals surface area (Å²) in [7, 11) is -2.26. The quantitative estimate of drug-likeness (QED) is 0.180. The maximum absolute atomic E-state index is 14.6. The van der Waals surface area contributed by atoms with Gasteiger partial charge in [-0.15, -0.1) is 0 Å². The number of amides is 2. The van der Waals surface area contributed by atoms with Crippen LogP contribution in [0.1, 0.15) is 103 Å². The number of ether oxygens (including phenoxy) is 2. The highest BCUT2D eigenvalue weighted by molar-refractivity contribution is 7.90. The zero-order valence-electron chi connectivity index (χ0n) is 32.9. The van der Waals surface area contributed by atoms with Gasteiger partial charge < -0.3 is 23.9 Å². The van der Waals surface area contributed by atoms with Crippen LogP contribution in [-0.2, 0) is 21.3 Å². The van der Waals surface area contributed by atoms with Crippen LogP contribution in [0.4, 0.5) is 0 Å². The van der Waals surface area contributed by atoms with Crippen molar-refractivity contribution in [3.63, 3.8) is 0 Å². The molecule has 0 radical (unpaired) electrons. The number of fused-ring (bicyclic) bond motifs is 5. The molecule has 2 N–H and O–H groups in total. The predicted molar refractivity (Wildman–Crippen MR) is 219 cm³/mol. The number of H-pyrrole nitrogens is 1. The Morgan fingerprint density at radius 2 is 1.74 bits per heavy atom. The molecule has 1 saturated carbocycles. The zero-order chi connectivity index (χ0) is 40.2. The summed E-state index contributed by atoms with van der Waals surface area (Å²) in [5.74, 6) is 0.00201. The molecule has 0 unspecified atom stereocenters. The van der Waals surface area contributed by atoms with Crippen molar-refractivity contribution in [1.82, 2.24) is 29.0 Å². The van der Waals surface area contributed by atoms with Crippen LogP contribution in [0.25, 0.3) is 39.5 Å². The van der Waals surface area contributed by atoms with Crippen molar-refractivity contribution < 1.29 is 27.5 Å². The van der Waals surface area contributed by atoms with Gasteiger partial charge in [-0.05, 0) is 106 Å². The topological polar surface area (TPSA) is 158 Å². The lowest BCUT2D eigenvalue weighted by Gasteiger charge is -2.35. The Balaban J connectivity index is 1.39. The minimum Gasteiger partial charge on any atom is -0.497 e. The van der Waals surface area contributed by atoms with E-state index in [0.717, 1.165) is 59.0 Å². The average Bonchev–Trinajstić information content (AvgIpc) is 3.72. The Labute approximate surface area is 331 Å². The predicted octanol–water partition coefficient (Wildman–Crippen LogP) is 6.51. The Morgan fingerprint density at radius 1 is 0.982 bits per heavy atom. The first-order valence-corrected chi connectivity index (χ1v) is 21.2. The van der Waals surface area contributed by atoms with E-state index in [1.54, 1.807) is 47.3 Å². The van der Waals surface area contributed by atoms with Crippen molar-refractivity contribution in [2.24, 2.45) is 0 Å². The van der Waals surface area contributed by atoms with E-state index in [4.69, 9.17) is 14.6 Å². The largest absolute Gasteiger partial charge is 0.497 e. The molecule has 0 spiro atoms. The Hall–Kier alpha value is -5.47. The molecular formula is C43H48N6O7S. The highest BCUT2D eigenvalue weighted by Crippen LogP contribution is 2.48. The second-order valence-corrected chi connectivity index (χ2v) is 18.0. The minimum atomic E-state index is -3.89. The number of carbonyl (C=O) groups is 2. The summed E-state index contributed by atoms with van der Waals surface area (Å²) < 4.78 is 43.4. The third-order valence-corrected chi connectivity index (χ3v) is 13.1. The van der Waals surface area contributed by atoms with Crippen molar-refractivity contribution in [3.05, 3.63) is 99.2 Å². The van der Waals surface area contributed by atoms with E-state index >= 15 is 0 Å². The third kappa shape index (κ3) is 7.20. The van der Waals surface area contributed by atoms with Gasteiger partial charge in [0.25, 0.3) is 11.8 Å². The van der Waals surface area contributed by atoms with Crippen LogP contribution in [-0.4, -0.2) is 82.1 Å². The number of morpholine rings is 1. The smallest absolute Gasteiger partial charge is 0.264 e. The van der Waals surface area contributed by atoms with Crippen LogP contribution >= 0.6 is 0 Å². The molecule has 298 valence electrons. The van der Waals surface area contributed by atoms with Gasteiger partial charge in [-0.2, -0.15) is 5.10 Å². The van der Waals surface area contributed by atoms with Crippen LogP contribution in [0.3, 0.4) is 0 Å². The summed E-state index contributed by atoms with van der Waals surface area (Å²) in [5.41, 5.74) is 6.80. The fraction of sp³-hybridized carbons (Fsp3) is 0.395. The monoisotopic (exact) mass is 792 g/mol. The maximum atomic E-state index is 14.6. The first-order valence-electron chi connectivity index (χ1n) is 19.7. The van der Waals surface area contributed by atoms with Crippen molar-refractivity contribution in [1.29, 1.82) is 0 Å². The minimum absolute atomic E-state index is 0.158. The lowest BCUT2D eigenvalue weighted by molar-refractivity contribution is -0.0586. The summed E-state index contributed by atoms with van der Waals surface area (Å²) in [6.45, 7) is 8.03. The number of aromatic nitrogens is 4. The fourth-order valence-corrected chi connectivity index (χ4v) is 9.33. The molecule has 2 amide bonds. The number of hydrogen-bond donors (Lipinski definition) is 2. The molecule has 3 aromatic heterocycles. The average molecular weight is 793 g/mol. The van der Waals surface area contributed by atoms with Crippen molar-refractivity contribution in [2.75, 3.05) is 20.2 Å². The molecule has 2 aromatic carbocycles. The summed E-state index contributed by atoms with van der Waals surface area (Å²) in [6, 6.07) is 14.6. The molecule has 14 heteroatoms. The molecule has 2 fully saturated rings. The number of nitrogens with one attached hydrogen (secondary N) is 2. The van der Waals surface area contributed by atoms with Crippen LogP contribution in [0.5, 0.6) is 5.75 Å². The number of hydrogen-bond acceptors (Lipinski definition) is 8. The summed E-state index contributed by atoms with van der Waals surface area (Å²) in [6.07, 6.45) is 10.3. The number of methoxy groups -OCH3 is 1. The van der Waals surface area contributed by atoms with Gasteiger partial charge >= 0.3 is 0 Å². The Bertz CT molecular complexity index is 2590. The molecule has 57 heavy (non-hydrogen) atoms. The van der Waals surface area contributed by atoms with Gasteiger partial charge in [0.1, 0.15) is 5.75 Å². The standard InChI is InChI=1S/C43H48N6O7S/c1-25(2)57(53,54)46-42(51)29-11-13-35-37(19-29)48-24-31(17-30-18-33(55-5)12-14-34(30)41(48)39(35)28-9-7-6-8-10-28)40-36(43(52)47-22-26(3)56-27(4)23-47)21-45-49(40)32-15-16-44-38(50)20-32/h11-21,25-28H,6-10,22-24H2,1-5H3,(H,44,50)(H,46,51)/t26-,27+. The van der Waals surface area contributed by atoms with Crippen LogP contribution in [0.15, 0.2) is 65.7 Å². The molecule has 3 aliphatic rings. The number of allylic oxidation sites excluding steroid dienone is 1. The van der Waals surface area contributed by atoms with E-state index in [1.807, 2.05) is 32.0 Å². The van der Waals surface area contributed by atoms with Gasteiger partial charge in [0, 0.05) is 47.4 Å². The number of benzene rings is 2. The van der Waals surface area contributed by atoms with E-state index in [9.17, 15) is 22.8 Å². The second-order valence-electron chi connectivity index (χ2n) is 15.8. The molecule has 1 aliphatic carbocycles. The Morgan fingerprint density at radius 3 is 2.44 bits per heavy atom. The highest BCUT2D eigenvalue weighted by atomic mass is 32.2. The van der Waals surface area contributed by atoms with Crippen molar-refractivity contribution in [3.8, 4) is 22.7 Å². The summed E-state index contributed by atoms with van der Waals surface area (Å²) >= 11 is 0. The van der Waals surface area contributed by atoms with Crippen LogP contribution < -0.4 is 15.0 Å². The Kier molecular flexibility index (Phi) is 10.2. The first-order chi connectivity index (χ1) is 27.3. The second kappa shape index (κ2) is 15.1. The number of nitrogens with zero attached hydrogens (tertiary/aromatic N) is 4. The van der Waals surface area contributed by atoms with Gasteiger partial charge in [0.2, 0.25) is 15.6 Å². The third-order valence-electron chi connectivity index (χ3n) is 11.4. The van der Waals surface area contributed by atoms with Gasteiger partial charge in [-0.1, -0.05) is 25.3 Å². The normalized spacial score (nSPS) is 18.8. The lowest BCUT2D eigenvalue weighted by atomic mass is 9.81. The number of sulfonamides is 1. The molecule has 13 nitrogen and oxygen atoms in total. The summed E-state index contributed by atoms with van der Waals surface area (Å²) in [5, 5.41) is 4.95. The van der Waals surface area contributed by atoms with E-state index in [-0.39, 0.29) is 41.7 Å². The van der Waals surface area contributed by atoms with Crippen LogP contribution in [0, 0.1) is 0 Å². The van der Waals surface area contributed by atoms with Gasteiger partial charge in [0.15, 0.2) is 0 Å². The molecule has 0 bridgehead atoms. The molecular weight excluding hydrogens is 745 g/mol. The fourth-order valence-electron chi connectivity index (χ4n) is 8.72. The van der Waals surface area contributed by atoms with Gasteiger partial charge in [-0.25, -0.2) is 17.8 Å². The molecule has 5 heterocycles.